The minimum Gasteiger partial charge on any atom is -0.396 e. The molecule has 19 heavy (non-hydrogen) atoms. The van der Waals surface area contributed by atoms with E-state index in [4.69, 9.17) is 5.73 Å². The molecule has 0 bridgehead atoms. The number of aromatic nitrogens is 4. The number of H-pyrrole nitrogens is 1. The number of amides is 1. The van der Waals surface area contributed by atoms with E-state index in [0.29, 0.717) is 18.7 Å². The third-order valence-electron chi connectivity index (χ3n) is 2.97. The van der Waals surface area contributed by atoms with E-state index in [1.807, 2.05) is 13.8 Å². The molecule has 2 rings (SSSR count). The number of nitrogens with one attached hydrogen (secondary N) is 2. The lowest BCUT2D eigenvalue weighted by atomic mass is 10.3. The van der Waals surface area contributed by atoms with Gasteiger partial charge in [-0.1, -0.05) is 0 Å². The molecular weight excluding hydrogens is 244 g/mol. The summed E-state index contributed by atoms with van der Waals surface area (Å²) in [6.07, 6.45) is 4.13. The number of carbonyl (C=O) groups excluding carboxylic acids is 1. The highest BCUT2D eigenvalue weighted by Gasteiger charge is 2.11. The Kier molecular flexibility index (Phi) is 3.84. The fourth-order valence-corrected chi connectivity index (χ4v) is 1.81. The SMILES string of the molecule is Cc1nn(CC(=O)NCCc2ncc[nH]2)c(C)c1N. The van der Waals surface area contributed by atoms with Gasteiger partial charge in [0, 0.05) is 25.4 Å². The average molecular weight is 262 g/mol. The number of hydrogen-bond acceptors (Lipinski definition) is 4. The number of hydrogen-bond donors (Lipinski definition) is 3. The molecule has 0 aliphatic carbocycles. The van der Waals surface area contributed by atoms with Crippen LogP contribution < -0.4 is 11.1 Å². The molecule has 0 aromatic carbocycles. The maximum atomic E-state index is 11.8. The molecule has 1 amide bonds. The van der Waals surface area contributed by atoms with E-state index < -0.39 is 0 Å². The van der Waals surface area contributed by atoms with Gasteiger partial charge in [0.1, 0.15) is 12.4 Å². The van der Waals surface area contributed by atoms with Gasteiger partial charge in [-0.25, -0.2) is 4.98 Å². The molecule has 0 aliphatic heterocycles. The summed E-state index contributed by atoms with van der Waals surface area (Å²) >= 11 is 0. The van der Waals surface area contributed by atoms with Crippen LogP contribution in [0.3, 0.4) is 0 Å². The molecule has 4 N–H and O–H groups in total. The van der Waals surface area contributed by atoms with Crippen molar-refractivity contribution in [1.29, 1.82) is 0 Å². The van der Waals surface area contributed by atoms with Crippen molar-refractivity contribution in [2.75, 3.05) is 12.3 Å². The van der Waals surface area contributed by atoms with Crippen molar-refractivity contribution in [3.05, 3.63) is 29.6 Å². The van der Waals surface area contributed by atoms with Gasteiger partial charge in [-0.2, -0.15) is 5.10 Å². The minimum absolute atomic E-state index is 0.0860. The molecule has 0 aliphatic rings. The Labute approximate surface area is 111 Å². The van der Waals surface area contributed by atoms with Crippen molar-refractivity contribution >= 4 is 11.6 Å². The van der Waals surface area contributed by atoms with E-state index in [0.717, 1.165) is 17.2 Å². The van der Waals surface area contributed by atoms with Crippen LogP contribution >= 0.6 is 0 Å². The standard InChI is InChI=1S/C12H18N6O/c1-8-12(13)9(2)18(17-8)7-11(19)16-4-3-10-14-5-6-15-10/h5-6H,3-4,7,13H2,1-2H3,(H,14,15)(H,16,19). The molecule has 0 fully saturated rings. The molecule has 7 nitrogen and oxygen atoms in total. The van der Waals surface area contributed by atoms with E-state index in [9.17, 15) is 4.79 Å². The molecule has 0 spiro atoms. The van der Waals surface area contributed by atoms with Crippen LogP contribution in [0.2, 0.25) is 0 Å². The maximum absolute atomic E-state index is 11.8. The number of imidazole rings is 1. The molecule has 102 valence electrons. The molecule has 0 saturated carbocycles. The van der Waals surface area contributed by atoms with E-state index >= 15 is 0 Å². The molecule has 0 saturated heterocycles. The number of rotatable bonds is 5. The Morgan fingerprint density at radius 2 is 2.32 bits per heavy atom. The maximum Gasteiger partial charge on any atom is 0.241 e. The van der Waals surface area contributed by atoms with E-state index in [-0.39, 0.29) is 12.5 Å². The van der Waals surface area contributed by atoms with Gasteiger partial charge in [0.05, 0.1) is 17.1 Å². The summed E-state index contributed by atoms with van der Waals surface area (Å²) in [5.41, 5.74) is 8.03. The summed E-state index contributed by atoms with van der Waals surface area (Å²) in [7, 11) is 0. The van der Waals surface area contributed by atoms with Gasteiger partial charge in [-0.15, -0.1) is 0 Å². The number of carbonyl (C=O) groups is 1. The fraction of sp³-hybridized carbons (Fsp3) is 0.417. The first-order valence-electron chi connectivity index (χ1n) is 6.12. The second-order valence-electron chi connectivity index (χ2n) is 4.38. The predicted molar refractivity (Wildman–Crippen MR) is 71.4 cm³/mol. The topological polar surface area (TPSA) is 102 Å². The second-order valence-corrected chi connectivity index (χ2v) is 4.38. The lowest BCUT2D eigenvalue weighted by Gasteiger charge is -2.06. The molecule has 0 radical (unpaired) electrons. The van der Waals surface area contributed by atoms with Gasteiger partial charge >= 0.3 is 0 Å². The van der Waals surface area contributed by atoms with Gasteiger partial charge in [-0.3, -0.25) is 9.48 Å². The van der Waals surface area contributed by atoms with Crippen molar-refractivity contribution in [2.45, 2.75) is 26.8 Å². The smallest absolute Gasteiger partial charge is 0.241 e. The Balaban J connectivity index is 1.82. The quantitative estimate of drug-likeness (QED) is 0.714. The van der Waals surface area contributed by atoms with E-state index in [2.05, 4.69) is 20.4 Å². The van der Waals surface area contributed by atoms with Crippen LogP contribution in [-0.4, -0.2) is 32.2 Å². The zero-order valence-electron chi connectivity index (χ0n) is 11.1. The zero-order chi connectivity index (χ0) is 13.8. The first-order valence-corrected chi connectivity index (χ1v) is 6.12. The molecule has 7 heteroatoms. The predicted octanol–water partition coefficient (Wildman–Crippen LogP) is 0.164. The Morgan fingerprint density at radius 3 is 2.89 bits per heavy atom. The summed E-state index contributed by atoms with van der Waals surface area (Å²) in [6.45, 7) is 4.41. The van der Waals surface area contributed by atoms with Crippen molar-refractivity contribution in [1.82, 2.24) is 25.1 Å². The van der Waals surface area contributed by atoms with Crippen LogP contribution in [0.4, 0.5) is 5.69 Å². The number of nitrogen functional groups attached to an aromatic ring is 1. The monoisotopic (exact) mass is 262 g/mol. The number of aryl methyl sites for hydroxylation is 1. The molecular formula is C12H18N6O. The van der Waals surface area contributed by atoms with Crippen molar-refractivity contribution in [2.24, 2.45) is 0 Å². The van der Waals surface area contributed by atoms with E-state index in [1.165, 1.54) is 0 Å². The van der Waals surface area contributed by atoms with Gasteiger partial charge in [0.15, 0.2) is 0 Å². The number of aromatic amines is 1. The van der Waals surface area contributed by atoms with Crippen LogP contribution in [-0.2, 0) is 17.8 Å². The van der Waals surface area contributed by atoms with Gasteiger partial charge in [-0.05, 0) is 13.8 Å². The largest absolute Gasteiger partial charge is 0.396 e. The van der Waals surface area contributed by atoms with Crippen molar-refractivity contribution in [3.8, 4) is 0 Å². The zero-order valence-corrected chi connectivity index (χ0v) is 11.1. The summed E-state index contributed by atoms with van der Waals surface area (Å²) in [5.74, 6) is 0.771. The summed E-state index contributed by atoms with van der Waals surface area (Å²) in [4.78, 5) is 18.8. The molecule has 2 aromatic rings. The first kappa shape index (κ1) is 13.1. The third-order valence-corrected chi connectivity index (χ3v) is 2.97. The highest BCUT2D eigenvalue weighted by atomic mass is 16.2. The summed E-state index contributed by atoms with van der Waals surface area (Å²) < 4.78 is 1.62. The average Bonchev–Trinajstić information content (AvgIpc) is 2.96. The first-order chi connectivity index (χ1) is 9.08. The Bertz CT molecular complexity index is 557. The summed E-state index contributed by atoms with van der Waals surface area (Å²) in [5, 5.41) is 7.04. The molecule has 0 unspecified atom stereocenters. The highest BCUT2D eigenvalue weighted by Crippen LogP contribution is 2.14. The number of anilines is 1. The van der Waals surface area contributed by atoms with Crippen LogP contribution in [0.15, 0.2) is 12.4 Å². The number of nitrogens with zero attached hydrogens (tertiary/aromatic N) is 3. The van der Waals surface area contributed by atoms with Crippen LogP contribution in [0, 0.1) is 13.8 Å². The number of nitrogens with two attached hydrogens (primary N) is 1. The molecule has 2 heterocycles. The Hall–Kier alpha value is -2.31. The van der Waals surface area contributed by atoms with Crippen LogP contribution in [0.5, 0.6) is 0 Å². The fourth-order valence-electron chi connectivity index (χ4n) is 1.81. The van der Waals surface area contributed by atoms with Crippen LogP contribution in [0.25, 0.3) is 0 Å². The van der Waals surface area contributed by atoms with E-state index in [1.54, 1.807) is 17.1 Å². The van der Waals surface area contributed by atoms with Crippen molar-refractivity contribution in [3.63, 3.8) is 0 Å². The molecule has 2 aromatic heterocycles. The lowest BCUT2D eigenvalue weighted by molar-refractivity contribution is -0.121. The lowest BCUT2D eigenvalue weighted by Crippen LogP contribution is -2.30. The normalized spacial score (nSPS) is 10.6. The van der Waals surface area contributed by atoms with Gasteiger partial charge < -0.3 is 16.0 Å². The second kappa shape index (κ2) is 5.55. The molecule has 0 atom stereocenters. The third kappa shape index (κ3) is 3.12. The minimum atomic E-state index is -0.0860. The Morgan fingerprint density at radius 1 is 1.53 bits per heavy atom. The highest BCUT2D eigenvalue weighted by molar-refractivity contribution is 5.75. The van der Waals surface area contributed by atoms with Crippen molar-refractivity contribution < 1.29 is 4.79 Å². The van der Waals surface area contributed by atoms with Gasteiger partial charge in [0.2, 0.25) is 5.91 Å². The summed E-state index contributed by atoms with van der Waals surface area (Å²) in [6, 6.07) is 0. The van der Waals surface area contributed by atoms with Gasteiger partial charge in [0.25, 0.3) is 0 Å². The van der Waals surface area contributed by atoms with Crippen LogP contribution in [0.1, 0.15) is 17.2 Å².